The molecule has 1 aromatic rings. The number of esters is 1. The molecule has 0 atom stereocenters. The van der Waals surface area contributed by atoms with E-state index in [1.165, 1.54) is 30.6 Å². The van der Waals surface area contributed by atoms with Crippen molar-refractivity contribution in [1.82, 2.24) is 9.29 Å². The first kappa shape index (κ1) is 11.2. The number of likely N-dealkylation sites (N-methyl/N-ethyl adjacent to an activating group) is 1. The SMILES string of the molecule is COC(=O)C1=CC(c2nccs2)=NSN1C. The minimum atomic E-state index is -0.376. The molecule has 5 nitrogen and oxygen atoms in total. The van der Waals surface area contributed by atoms with Crippen molar-refractivity contribution in [3.05, 3.63) is 28.4 Å². The number of nitrogens with zero attached hydrogens (tertiary/aromatic N) is 3. The number of carbonyl (C=O) groups excluding carboxylic acids is 1. The second kappa shape index (κ2) is 4.67. The molecular weight excluding hydrogens is 246 g/mol. The maximum Gasteiger partial charge on any atom is 0.355 e. The Labute approximate surface area is 101 Å². The van der Waals surface area contributed by atoms with Gasteiger partial charge in [-0.1, -0.05) is 0 Å². The Kier molecular flexibility index (Phi) is 3.25. The van der Waals surface area contributed by atoms with Crippen LogP contribution in [-0.2, 0) is 9.53 Å². The van der Waals surface area contributed by atoms with Gasteiger partial charge in [-0.05, 0) is 6.08 Å². The van der Waals surface area contributed by atoms with Gasteiger partial charge >= 0.3 is 5.97 Å². The topological polar surface area (TPSA) is 54.8 Å². The lowest BCUT2D eigenvalue weighted by molar-refractivity contribution is -0.137. The Morgan fingerprint density at radius 3 is 3.00 bits per heavy atom. The minimum absolute atomic E-state index is 0.376. The van der Waals surface area contributed by atoms with E-state index in [0.29, 0.717) is 11.4 Å². The molecule has 0 amide bonds. The highest BCUT2D eigenvalue weighted by Gasteiger charge is 2.21. The van der Waals surface area contributed by atoms with E-state index in [9.17, 15) is 4.79 Å². The highest BCUT2D eigenvalue weighted by Crippen LogP contribution is 2.24. The average Bonchev–Trinajstić information content (AvgIpc) is 2.82. The molecule has 0 N–H and O–H groups in total. The molecule has 1 aliphatic rings. The minimum Gasteiger partial charge on any atom is -0.464 e. The van der Waals surface area contributed by atoms with Crippen molar-refractivity contribution in [3.8, 4) is 0 Å². The maximum absolute atomic E-state index is 11.5. The molecule has 1 aromatic heterocycles. The summed E-state index contributed by atoms with van der Waals surface area (Å²) in [5.74, 6) is -0.376. The molecule has 7 heteroatoms. The van der Waals surface area contributed by atoms with E-state index in [2.05, 4.69) is 9.38 Å². The number of aromatic nitrogens is 1. The van der Waals surface area contributed by atoms with Gasteiger partial charge in [-0.2, -0.15) is 4.40 Å². The Balaban J connectivity index is 2.31. The predicted molar refractivity (Wildman–Crippen MR) is 64.1 cm³/mol. The van der Waals surface area contributed by atoms with Crippen LogP contribution in [0.25, 0.3) is 0 Å². The molecule has 0 bridgehead atoms. The molecule has 0 aliphatic carbocycles. The third kappa shape index (κ3) is 2.10. The third-order valence-corrected chi connectivity index (χ3v) is 3.44. The van der Waals surface area contributed by atoms with Gasteiger partial charge < -0.3 is 4.74 Å². The van der Waals surface area contributed by atoms with E-state index >= 15 is 0 Å². The van der Waals surface area contributed by atoms with Crippen LogP contribution in [0.1, 0.15) is 5.01 Å². The van der Waals surface area contributed by atoms with Crippen molar-refractivity contribution in [3.63, 3.8) is 0 Å². The van der Waals surface area contributed by atoms with Crippen molar-refractivity contribution in [2.24, 2.45) is 4.40 Å². The Hall–Kier alpha value is -1.34. The maximum atomic E-state index is 11.5. The quantitative estimate of drug-likeness (QED) is 0.592. The lowest BCUT2D eigenvalue weighted by atomic mass is 10.3. The largest absolute Gasteiger partial charge is 0.464 e. The Morgan fingerprint density at radius 1 is 1.56 bits per heavy atom. The van der Waals surface area contributed by atoms with E-state index in [1.54, 1.807) is 23.6 Å². The summed E-state index contributed by atoms with van der Waals surface area (Å²) < 4.78 is 10.6. The fourth-order valence-corrected chi connectivity index (χ4v) is 2.36. The summed E-state index contributed by atoms with van der Waals surface area (Å²) in [5.41, 5.74) is 1.16. The molecular formula is C9H9N3O2S2. The first-order valence-corrected chi connectivity index (χ1v) is 6.02. The molecule has 1 aliphatic heterocycles. The zero-order valence-electron chi connectivity index (χ0n) is 8.71. The molecule has 0 aromatic carbocycles. The summed E-state index contributed by atoms with van der Waals surface area (Å²) in [7, 11) is 3.12. The summed E-state index contributed by atoms with van der Waals surface area (Å²) in [5, 5.41) is 2.66. The Bertz CT molecular complexity index is 453. The van der Waals surface area contributed by atoms with Crippen molar-refractivity contribution in [1.29, 1.82) is 0 Å². The first-order valence-electron chi connectivity index (χ1n) is 4.41. The molecule has 0 spiro atoms. The zero-order chi connectivity index (χ0) is 11.5. The molecule has 0 saturated carbocycles. The number of allylic oxidation sites excluding steroid dienone is 1. The van der Waals surface area contributed by atoms with Gasteiger partial charge in [0.1, 0.15) is 16.4 Å². The number of hydrogen-bond donors (Lipinski definition) is 0. The smallest absolute Gasteiger partial charge is 0.355 e. The average molecular weight is 255 g/mol. The van der Waals surface area contributed by atoms with Crippen LogP contribution in [0.4, 0.5) is 0 Å². The van der Waals surface area contributed by atoms with E-state index < -0.39 is 0 Å². The van der Waals surface area contributed by atoms with Crippen LogP contribution in [0.3, 0.4) is 0 Å². The number of carbonyl (C=O) groups is 1. The molecule has 16 heavy (non-hydrogen) atoms. The van der Waals surface area contributed by atoms with Crippen molar-refractivity contribution >= 4 is 35.2 Å². The van der Waals surface area contributed by atoms with Gasteiger partial charge in [0.2, 0.25) is 0 Å². The third-order valence-electron chi connectivity index (χ3n) is 1.92. The van der Waals surface area contributed by atoms with E-state index in [-0.39, 0.29) is 5.97 Å². The number of methoxy groups -OCH3 is 1. The van der Waals surface area contributed by atoms with Gasteiger partial charge in [0.15, 0.2) is 0 Å². The van der Waals surface area contributed by atoms with Crippen LogP contribution >= 0.6 is 23.5 Å². The van der Waals surface area contributed by atoms with Crippen LogP contribution in [0, 0.1) is 0 Å². The van der Waals surface area contributed by atoms with Crippen molar-refractivity contribution in [2.45, 2.75) is 0 Å². The van der Waals surface area contributed by atoms with E-state index in [0.717, 1.165) is 5.01 Å². The van der Waals surface area contributed by atoms with E-state index in [4.69, 9.17) is 4.74 Å². The highest BCUT2D eigenvalue weighted by atomic mass is 32.2. The number of hydrogen-bond acceptors (Lipinski definition) is 7. The van der Waals surface area contributed by atoms with Gasteiger partial charge in [0.25, 0.3) is 0 Å². The summed E-state index contributed by atoms with van der Waals surface area (Å²) in [6.07, 6.45) is 3.39. The highest BCUT2D eigenvalue weighted by molar-refractivity contribution is 7.96. The fraction of sp³-hybridized carbons (Fsp3) is 0.222. The Morgan fingerprint density at radius 2 is 2.38 bits per heavy atom. The summed E-state index contributed by atoms with van der Waals surface area (Å²) in [4.78, 5) is 15.6. The van der Waals surface area contributed by atoms with E-state index in [1.807, 2.05) is 5.38 Å². The number of ether oxygens (including phenoxy) is 1. The van der Waals surface area contributed by atoms with Crippen molar-refractivity contribution in [2.75, 3.05) is 14.2 Å². The molecule has 84 valence electrons. The molecule has 0 unspecified atom stereocenters. The van der Waals surface area contributed by atoms with Gasteiger partial charge in [0, 0.05) is 18.6 Å². The number of thiazole rings is 1. The predicted octanol–water partition coefficient (Wildman–Crippen LogP) is 1.50. The van der Waals surface area contributed by atoms with Crippen LogP contribution in [0.5, 0.6) is 0 Å². The lowest BCUT2D eigenvalue weighted by Gasteiger charge is -2.20. The first-order chi connectivity index (χ1) is 7.72. The summed E-state index contributed by atoms with van der Waals surface area (Å²) in [6, 6.07) is 0. The van der Waals surface area contributed by atoms with Gasteiger partial charge in [0.05, 0.1) is 19.2 Å². The van der Waals surface area contributed by atoms with Gasteiger partial charge in [-0.15, -0.1) is 11.3 Å². The molecule has 0 saturated heterocycles. The number of rotatable bonds is 2. The second-order valence-electron chi connectivity index (χ2n) is 2.91. The fourth-order valence-electron chi connectivity index (χ4n) is 1.14. The molecule has 2 heterocycles. The van der Waals surface area contributed by atoms with Crippen LogP contribution in [0.2, 0.25) is 0 Å². The van der Waals surface area contributed by atoms with Crippen LogP contribution < -0.4 is 0 Å². The van der Waals surface area contributed by atoms with Gasteiger partial charge in [-0.25, -0.2) is 9.78 Å². The lowest BCUT2D eigenvalue weighted by Crippen LogP contribution is -2.22. The summed E-state index contributed by atoms with van der Waals surface area (Å²) in [6.45, 7) is 0. The normalized spacial score (nSPS) is 15.5. The van der Waals surface area contributed by atoms with Crippen LogP contribution in [0.15, 0.2) is 27.7 Å². The molecule has 0 fully saturated rings. The molecule has 2 rings (SSSR count). The zero-order valence-corrected chi connectivity index (χ0v) is 10.3. The summed E-state index contributed by atoms with van der Waals surface area (Å²) >= 11 is 2.68. The molecule has 0 radical (unpaired) electrons. The second-order valence-corrected chi connectivity index (χ2v) is 4.70. The van der Waals surface area contributed by atoms with Crippen molar-refractivity contribution < 1.29 is 9.53 Å². The monoisotopic (exact) mass is 255 g/mol. The van der Waals surface area contributed by atoms with Gasteiger partial charge in [-0.3, -0.25) is 4.31 Å². The standard InChI is InChI=1S/C9H9N3O2S2/c1-12-7(9(13)14-2)5-6(11-16-12)8-10-3-4-15-8/h3-5H,1-2H3. The van der Waals surface area contributed by atoms with Crippen LogP contribution in [-0.4, -0.2) is 35.1 Å².